The fraction of sp³-hybridized carbons (Fsp3) is 0.421. The average molecular weight is 312 g/mol. The van der Waals surface area contributed by atoms with E-state index in [4.69, 9.17) is 10.7 Å². The first-order chi connectivity index (χ1) is 10.8. The van der Waals surface area contributed by atoms with Crippen molar-refractivity contribution in [3.05, 3.63) is 59.7 Å². The third kappa shape index (κ3) is 4.15. The van der Waals surface area contributed by atoms with Gasteiger partial charge in [-0.1, -0.05) is 19.2 Å². The van der Waals surface area contributed by atoms with Crippen molar-refractivity contribution >= 4 is 5.71 Å². The fourth-order valence-corrected chi connectivity index (χ4v) is 2.51. The Morgan fingerprint density at radius 1 is 1.35 bits per heavy atom. The van der Waals surface area contributed by atoms with E-state index in [2.05, 4.69) is 37.3 Å². The lowest BCUT2D eigenvalue weighted by molar-refractivity contribution is 0.480. The number of allylic oxidation sites excluding steroid dienone is 3. The summed E-state index contributed by atoms with van der Waals surface area (Å²) in [7, 11) is 4.01. The van der Waals surface area contributed by atoms with Gasteiger partial charge >= 0.3 is 0 Å². The maximum atomic E-state index is 6.32. The van der Waals surface area contributed by atoms with E-state index in [1.165, 1.54) is 12.8 Å². The molecule has 1 heterocycles. The summed E-state index contributed by atoms with van der Waals surface area (Å²) in [5, 5.41) is 0. The molecule has 4 heteroatoms. The van der Waals surface area contributed by atoms with Crippen LogP contribution in [-0.4, -0.2) is 42.2 Å². The van der Waals surface area contributed by atoms with Crippen molar-refractivity contribution in [1.82, 2.24) is 9.80 Å². The standard InChI is InChI=1S/C19H28N4/c1-7-13(2)10-17(11-22(5)6)23-12-18(19(20)15(23)4)14(3)21-16-8-9-16/h7,10-11,16H,1,4,8-9,12,20H2,2-3,5-6H3/b13-10-,17-11+,21-14?. The van der Waals surface area contributed by atoms with E-state index in [0.29, 0.717) is 12.6 Å². The maximum Gasteiger partial charge on any atom is 0.0618 e. The number of nitrogens with two attached hydrogens (primary N) is 1. The molecule has 2 aliphatic rings. The minimum absolute atomic E-state index is 0.498. The summed E-state index contributed by atoms with van der Waals surface area (Å²) < 4.78 is 0. The number of rotatable bonds is 6. The summed E-state index contributed by atoms with van der Waals surface area (Å²) in [6.07, 6.45) is 8.41. The van der Waals surface area contributed by atoms with Crippen LogP contribution < -0.4 is 5.73 Å². The average Bonchev–Trinajstić information content (AvgIpc) is 3.24. The van der Waals surface area contributed by atoms with E-state index in [1.807, 2.05) is 32.0 Å². The Balaban J connectivity index is 2.30. The van der Waals surface area contributed by atoms with E-state index in [1.54, 1.807) is 0 Å². The molecular weight excluding hydrogens is 284 g/mol. The van der Waals surface area contributed by atoms with Gasteiger partial charge in [0.05, 0.1) is 29.7 Å². The van der Waals surface area contributed by atoms with E-state index in [9.17, 15) is 0 Å². The molecule has 1 saturated carbocycles. The third-order valence-electron chi connectivity index (χ3n) is 4.04. The minimum Gasteiger partial charge on any atom is -0.397 e. The second-order valence-electron chi connectivity index (χ2n) is 6.48. The van der Waals surface area contributed by atoms with Crippen LogP contribution in [0.3, 0.4) is 0 Å². The molecule has 0 aromatic rings. The largest absolute Gasteiger partial charge is 0.397 e. The Morgan fingerprint density at radius 2 is 2.00 bits per heavy atom. The van der Waals surface area contributed by atoms with E-state index in [-0.39, 0.29) is 0 Å². The number of hydrogen-bond donors (Lipinski definition) is 1. The van der Waals surface area contributed by atoms with E-state index < -0.39 is 0 Å². The van der Waals surface area contributed by atoms with Crippen LogP contribution in [0.25, 0.3) is 0 Å². The molecule has 0 amide bonds. The number of hydrogen-bond acceptors (Lipinski definition) is 4. The molecule has 2 rings (SSSR count). The van der Waals surface area contributed by atoms with Gasteiger partial charge in [-0.05, 0) is 38.3 Å². The predicted molar refractivity (Wildman–Crippen MR) is 98.9 cm³/mol. The lowest BCUT2D eigenvalue weighted by Crippen LogP contribution is -2.21. The monoisotopic (exact) mass is 312 g/mol. The molecule has 0 radical (unpaired) electrons. The molecule has 124 valence electrons. The van der Waals surface area contributed by atoms with Crippen molar-refractivity contribution in [2.24, 2.45) is 10.7 Å². The molecule has 0 spiro atoms. The SMILES string of the molecule is C=C/C(C)=C\C(=C/N(C)C)N1CC(C(C)=NC2CC2)=C(N)C1=C. The second-order valence-corrected chi connectivity index (χ2v) is 6.48. The first-order valence-electron chi connectivity index (χ1n) is 8.02. The van der Waals surface area contributed by atoms with Crippen LogP contribution in [0.2, 0.25) is 0 Å². The van der Waals surface area contributed by atoms with Gasteiger partial charge in [-0.15, -0.1) is 0 Å². The van der Waals surface area contributed by atoms with Crippen molar-refractivity contribution in [2.75, 3.05) is 20.6 Å². The Hall–Kier alpha value is -2.23. The highest BCUT2D eigenvalue weighted by Gasteiger charge is 2.28. The third-order valence-corrected chi connectivity index (χ3v) is 4.04. The predicted octanol–water partition coefficient (Wildman–Crippen LogP) is 3.19. The van der Waals surface area contributed by atoms with Crippen LogP contribution >= 0.6 is 0 Å². The molecule has 0 aromatic heterocycles. The Kier molecular flexibility index (Phi) is 5.14. The van der Waals surface area contributed by atoms with Crippen LogP contribution in [0.15, 0.2) is 64.7 Å². The molecule has 0 unspecified atom stereocenters. The van der Waals surface area contributed by atoms with E-state index in [0.717, 1.165) is 33.9 Å². The summed E-state index contributed by atoms with van der Waals surface area (Å²) in [5.41, 5.74) is 12.2. The first kappa shape index (κ1) is 17.1. The summed E-state index contributed by atoms with van der Waals surface area (Å²) in [4.78, 5) is 8.90. The Labute approximate surface area is 140 Å². The first-order valence-corrected chi connectivity index (χ1v) is 8.02. The molecule has 1 fully saturated rings. The topological polar surface area (TPSA) is 44.9 Å². The van der Waals surface area contributed by atoms with Gasteiger partial charge in [0.25, 0.3) is 0 Å². The number of nitrogens with zero attached hydrogens (tertiary/aromatic N) is 3. The van der Waals surface area contributed by atoms with Gasteiger partial charge in [-0.3, -0.25) is 4.99 Å². The number of aliphatic imine (C=N–C) groups is 1. The van der Waals surface area contributed by atoms with Gasteiger partial charge in [-0.25, -0.2) is 0 Å². The highest BCUT2D eigenvalue weighted by molar-refractivity contribution is 6.00. The molecule has 0 aromatic carbocycles. The van der Waals surface area contributed by atoms with Crippen molar-refractivity contribution in [3.8, 4) is 0 Å². The molecule has 1 aliphatic carbocycles. The summed E-state index contributed by atoms with van der Waals surface area (Å²) >= 11 is 0. The Morgan fingerprint density at radius 3 is 2.52 bits per heavy atom. The van der Waals surface area contributed by atoms with Crippen LogP contribution in [0.5, 0.6) is 0 Å². The summed E-state index contributed by atoms with van der Waals surface area (Å²) in [6, 6.07) is 0.498. The quantitative estimate of drug-likeness (QED) is 0.605. The zero-order valence-electron chi connectivity index (χ0n) is 14.8. The zero-order chi connectivity index (χ0) is 17.1. The van der Waals surface area contributed by atoms with Crippen molar-refractivity contribution < 1.29 is 0 Å². The minimum atomic E-state index is 0.498. The Bertz CT molecular complexity index is 628. The van der Waals surface area contributed by atoms with Gasteiger partial charge < -0.3 is 15.5 Å². The van der Waals surface area contributed by atoms with Gasteiger partial charge in [-0.2, -0.15) is 0 Å². The van der Waals surface area contributed by atoms with Gasteiger partial charge in [0.15, 0.2) is 0 Å². The highest BCUT2D eigenvalue weighted by Crippen LogP contribution is 2.31. The lowest BCUT2D eigenvalue weighted by atomic mass is 10.1. The molecule has 2 N–H and O–H groups in total. The molecule has 23 heavy (non-hydrogen) atoms. The van der Waals surface area contributed by atoms with Gasteiger partial charge in [0, 0.05) is 31.6 Å². The van der Waals surface area contributed by atoms with E-state index >= 15 is 0 Å². The highest BCUT2D eigenvalue weighted by atomic mass is 15.2. The second kappa shape index (κ2) is 6.90. The molecule has 0 atom stereocenters. The van der Waals surface area contributed by atoms with Crippen LogP contribution in [0.1, 0.15) is 26.7 Å². The fourth-order valence-electron chi connectivity index (χ4n) is 2.51. The molecular formula is C19H28N4. The lowest BCUT2D eigenvalue weighted by Gasteiger charge is -2.23. The molecule has 0 bridgehead atoms. The van der Waals surface area contributed by atoms with Gasteiger partial charge in [0.2, 0.25) is 0 Å². The van der Waals surface area contributed by atoms with Crippen molar-refractivity contribution in [3.63, 3.8) is 0 Å². The van der Waals surface area contributed by atoms with Crippen LogP contribution in [0.4, 0.5) is 0 Å². The van der Waals surface area contributed by atoms with Crippen molar-refractivity contribution in [1.29, 1.82) is 0 Å². The molecule has 1 aliphatic heterocycles. The zero-order valence-corrected chi connectivity index (χ0v) is 14.8. The van der Waals surface area contributed by atoms with Crippen LogP contribution in [0, 0.1) is 0 Å². The summed E-state index contributed by atoms with van der Waals surface area (Å²) in [5.74, 6) is 0. The molecule has 0 saturated heterocycles. The smallest absolute Gasteiger partial charge is 0.0618 e. The van der Waals surface area contributed by atoms with Gasteiger partial charge in [0.1, 0.15) is 0 Å². The molecule has 4 nitrogen and oxygen atoms in total. The van der Waals surface area contributed by atoms with Crippen molar-refractivity contribution in [2.45, 2.75) is 32.7 Å². The summed E-state index contributed by atoms with van der Waals surface area (Å²) in [6.45, 7) is 12.8. The van der Waals surface area contributed by atoms with Crippen LogP contribution in [-0.2, 0) is 0 Å². The maximum absolute atomic E-state index is 6.32. The normalized spacial score (nSPS) is 20.4.